The van der Waals surface area contributed by atoms with Crippen LogP contribution in [0.15, 0.2) is 0 Å². The lowest BCUT2D eigenvalue weighted by Crippen LogP contribution is -2.67. The second kappa shape index (κ2) is 7.55. The van der Waals surface area contributed by atoms with Gasteiger partial charge in [-0.1, -0.05) is 20.3 Å². The maximum absolute atomic E-state index is 5.37. The molecule has 0 aliphatic carbocycles. The summed E-state index contributed by atoms with van der Waals surface area (Å²) in [6, 6.07) is 0. The number of nitrogens with two attached hydrogens (primary N) is 2. The number of hydrogen-bond donors (Lipinski definition) is 6. The molecule has 0 rings (SSSR count). The predicted octanol–water partition coefficient (Wildman–Crippen LogP) is -0.432. The molecule has 94 valence electrons. The van der Waals surface area contributed by atoms with Gasteiger partial charge < -0.3 is 11.5 Å². The normalized spacial score (nSPS) is 10.9. The molecule has 0 radical (unpaired) electrons. The summed E-state index contributed by atoms with van der Waals surface area (Å²) >= 11 is 9.47. The van der Waals surface area contributed by atoms with Gasteiger partial charge in [0.05, 0.1) is 0 Å². The number of nitrogens with one attached hydrogen (secondary N) is 4. The molecule has 0 atom stereocenters. The highest BCUT2D eigenvalue weighted by molar-refractivity contribution is 7.80. The highest BCUT2D eigenvalue weighted by Gasteiger charge is 2.26. The molecule has 0 aromatic rings. The third-order valence-electron chi connectivity index (χ3n) is 2.13. The average molecular weight is 264 g/mol. The molecule has 0 fully saturated rings. The number of hydrogen-bond acceptors (Lipinski definition) is 4. The smallest absolute Gasteiger partial charge is 0.178 e. The molecule has 0 amide bonds. The minimum absolute atomic E-state index is 0.186. The summed E-state index contributed by atoms with van der Waals surface area (Å²) in [5.41, 5.74) is 21.8. The van der Waals surface area contributed by atoms with Crippen molar-refractivity contribution in [2.45, 2.75) is 38.8 Å². The second-order valence-corrected chi connectivity index (χ2v) is 4.29. The van der Waals surface area contributed by atoms with Crippen molar-refractivity contribution in [3.05, 3.63) is 0 Å². The van der Waals surface area contributed by atoms with E-state index in [-0.39, 0.29) is 10.2 Å². The van der Waals surface area contributed by atoms with Crippen LogP contribution in [0.2, 0.25) is 0 Å². The van der Waals surface area contributed by atoms with E-state index in [1.165, 1.54) is 0 Å². The summed E-state index contributed by atoms with van der Waals surface area (Å²) < 4.78 is 0. The Kier molecular flexibility index (Phi) is 7.22. The molecular weight excluding hydrogens is 244 g/mol. The number of hydrazine groups is 2. The summed E-state index contributed by atoms with van der Waals surface area (Å²) in [5.74, 6) is 0. The van der Waals surface area contributed by atoms with E-state index in [0.29, 0.717) is 0 Å². The average Bonchev–Trinajstić information content (AvgIpc) is 2.22. The topological polar surface area (TPSA) is 100 Å². The van der Waals surface area contributed by atoms with E-state index in [2.05, 4.69) is 28.6 Å². The minimum Gasteiger partial charge on any atom is -0.375 e. The molecule has 0 aliphatic rings. The molecule has 8 heteroatoms. The maximum Gasteiger partial charge on any atom is 0.178 e. The zero-order valence-corrected chi connectivity index (χ0v) is 11.2. The molecule has 0 bridgehead atoms. The summed E-state index contributed by atoms with van der Waals surface area (Å²) in [5, 5.41) is 0.372. The van der Waals surface area contributed by atoms with Gasteiger partial charge in [-0.2, -0.15) is 0 Å². The van der Waals surface area contributed by atoms with Crippen LogP contribution < -0.4 is 33.2 Å². The Morgan fingerprint density at radius 2 is 1.50 bits per heavy atom. The van der Waals surface area contributed by atoms with E-state index >= 15 is 0 Å². The van der Waals surface area contributed by atoms with Crippen LogP contribution in [0, 0.1) is 0 Å². The van der Waals surface area contributed by atoms with E-state index in [1.54, 1.807) is 0 Å². The van der Waals surface area contributed by atoms with E-state index in [1.807, 2.05) is 6.92 Å². The predicted molar refractivity (Wildman–Crippen MR) is 74.0 cm³/mol. The highest BCUT2D eigenvalue weighted by Crippen LogP contribution is 2.11. The van der Waals surface area contributed by atoms with Crippen molar-refractivity contribution in [2.24, 2.45) is 11.5 Å². The van der Waals surface area contributed by atoms with Gasteiger partial charge in [-0.15, -0.1) is 0 Å². The molecule has 8 N–H and O–H groups in total. The van der Waals surface area contributed by atoms with E-state index in [4.69, 9.17) is 35.9 Å². The van der Waals surface area contributed by atoms with Gasteiger partial charge in [0.1, 0.15) is 5.66 Å². The van der Waals surface area contributed by atoms with Crippen LogP contribution in [0.4, 0.5) is 0 Å². The van der Waals surface area contributed by atoms with Crippen LogP contribution in [0.5, 0.6) is 0 Å². The Morgan fingerprint density at radius 1 is 1.06 bits per heavy atom. The fourth-order valence-electron chi connectivity index (χ4n) is 1.30. The number of rotatable bonds is 7. The molecule has 0 aliphatic heterocycles. The van der Waals surface area contributed by atoms with E-state index in [9.17, 15) is 0 Å². The maximum atomic E-state index is 5.37. The van der Waals surface area contributed by atoms with E-state index < -0.39 is 5.66 Å². The van der Waals surface area contributed by atoms with Gasteiger partial charge in [-0.25, -0.2) is 10.9 Å². The van der Waals surface area contributed by atoms with Crippen molar-refractivity contribution >= 4 is 34.7 Å². The first-order valence-electron chi connectivity index (χ1n) is 5.11. The van der Waals surface area contributed by atoms with Gasteiger partial charge in [-0.05, 0) is 37.3 Å². The molecule has 0 saturated heterocycles. The second-order valence-electron chi connectivity index (χ2n) is 3.41. The van der Waals surface area contributed by atoms with Crippen molar-refractivity contribution in [1.82, 2.24) is 21.7 Å². The van der Waals surface area contributed by atoms with Crippen LogP contribution in [0.25, 0.3) is 0 Å². The fourth-order valence-corrected chi connectivity index (χ4v) is 1.40. The van der Waals surface area contributed by atoms with Crippen molar-refractivity contribution < 1.29 is 0 Å². The van der Waals surface area contributed by atoms with Crippen LogP contribution in [-0.4, -0.2) is 15.9 Å². The quantitative estimate of drug-likeness (QED) is 0.209. The lowest BCUT2D eigenvalue weighted by Gasteiger charge is -2.35. The molecule has 0 aromatic heterocycles. The largest absolute Gasteiger partial charge is 0.375 e. The highest BCUT2D eigenvalue weighted by atomic mass is 32.1. The first-order chi connectivity index (χ1) is 7.45. The van der Waals surface area contributed by atoms with Gasteiger partial charge in [0, 0.05) is 0 Å². The van der Waals surface area contributed by atoms with E-state index in [0.717, 1.165) is 19.3 Å². The fraction of sp³-hybridized carbons (Fsp3) is 0.750. The van der Waals surface area contributed by atoms with Crippen LogP contribution >= 0.6 is 24.4 Å². The Balaban J connectivity index is 4.42. The molecule has 0 spiro atoms. The van der Waals surface area contributed by atoms with Gasteiger partial charge >= 0.3 is 0 Å². The molecule has 16 heavy (non-hydrogen) atoms. The molecule has 0 aromatic carbocycles. The molecule has 0 unspecified atom stereocenters. The third kappa shape index (κ3) is 6.01. The van der Waals surface area contributed by atoms with Gasteiger partial charge in [0.2, 0.25) is 0 Å². The van der Waals surface area contributed by atoms with Crippen LogP contribution in [0.1, 0.15) is 33.1 Å². The summed E-state index contributed by atoms with van der Waals surface area (Å²) in [7, 11) is 0. The summed E-state index contributed by atoms with van der Waals surface area (Å²) in [6.45, 7) is 4.10. The zero-order chi connectivity index (χ0) is 12.6. The van der Waals surface area contributed by atoms with Gasteiger partial charge in [-0.3, -0.25) is 10.9 Å². The van der Waals surface area contributed by atoms with Gasteiger partial charge in [0.15, 0.2) is 10.2 Å². The lowest BCUT2D eigenvalue weighted by atomic mass is 10.0. The van der Waals surface area contributed by atoms with Gasteiger partial charge in [0.25, 0.3) is 0 Å². The van der Waals surface area contributed by atoms with Crippen LogP contribution in [-0.2, 0) is 0 Å². The Morgan fingerprint density at radius 3 is 1.75 bits per heavy atom. The van der Waals surface area contributed by atoms with Crippen molar-refractivity contribution in [2.75, 3.05) is 0 Å². The first-order valence-corrected chi connectivity index (χ1v) is 5.92. The van der Waals surface area contributed by atoms with Crippen molar-refractivity contribution in [3.63, 3.8) is 0 Å². The monoisotopic (exact) mass is 264 g/mol. The minimum atomic E-state index is -0.401. The SMILES string of the molecule is CCCC(CC)(NNC(N)=S)NNC(N)=S. The Labute approximate surface area is 107 Å². The lowest BCUT2D eigenvalue weighted by molar-refractivity contribution is 0.201. The summed E-state index contributed by atoms with van der Waals surface area (Å²) in [4.78, 5) is 0. The summed E-state index contributed by atoms with van der Waals surface area (Å²) in [6.07, 6.45) is 2.63. The first kappa shape index (κ1) is 15.3. The molecule has 0 heterocycles. The van der Waals surface area contributed by atoms with Crippen molar-refractivity contribution in [1.29, 1.82) is 0 Å². The molecular formula is C8H20N6S2. The standard InChI is InChI=1S/C8H20N6S2/c1-3-5-8(4-2,13-11-6(9)15)14-12-7(10)16/h13-14H,3-5H2,1-2H3,(H3,9,11,15)(H3,10,12,16). The Bertz CT molecular complexity index is 227. The third-order valence-corrected chi connectivity index (χ3v) is 2.33. The number of thiocarbonyl (C=S) groups is 2. The van der Waals surface area contributed by atoms with Crippen LogP contribution in [0.3, 0.4) is 0 Å². The van der Waals surface area contributed by atoms with Crippen molar-refractivity contribution in [3.8, 4) is 0 Å². The Hall–Kier alpha value is -0.700. The zero-order valence-electron chi connectivity index (χ0n) is 9.59. The molecule has 0 saturated carbocycles. The molecule has 6 nitrogen and oxygen atoms in total.